The van der Waals surface area contributed by atoms with Gasteiger partial charge >= 0.3 is 0 Å². The Balaban J connectivity index is 1.70. The average molecular weight is 294 g/mol. The second kappa shape index (κ2) is 5.16. The number of nitrogen functional groups attached to an aromatic ring is 1. The van der Waals surface area contributed by atoms with Crippen molar-refractivity contribution < 1.29 is 8.78 Å². The second-order valence-corrected chi connectivity index (χ2v) is 5.36. The summed E-state index contributed by atoms with van der Waals surface area (Å²) in [6.45, 7) is 0. The Morgan fingerprint density at radius 2 is 2.05 bits per heavy atom. The molecule has 4 nitrogen and oxygen atoms in total. The standard InChI is InChI=1S/C13H12F2N4S/c14-8-4-5-9-12(11(8)15)19-10(18-9)3-1-2-7-6-20-13(16)17-7/h4-6H,1-3H2,(H2,16,17)(H,18,19). The van der Waals surface area contributed by atoms with Gasteiger partial charge in [-0.1, -0.05) is 0 Å². The number of nitrogens with one attached hydrogen (secondary N) is 1. The summed E-state index contributed by atoms with van der Waals surface area (Å²) in [5, 5.41) is 2.48. The van der Waals surface area contributed by atoms with Crippen molar-refractivity contribution in [2.45, 2.75) is 19.3 Å². The third-order valence-corrected chi connectivity index (χ3v) is 3.73. The normalized spacial score (nSPS) is 11.3. The number of thiazole rings is 1. The fraction of sp³-hybridized carbons (Fsp3) is 0.231. The number of fused-ring (bicyclic) bond motifs is 1. The van der Waals surface area contributed by atoms with Crippen molar-refractivity contribution in [1.29, 1.82) is 0 Å². The van der Waals surface area contributed by atoms with Crippen LogP contribution in [0.4, 0.5) is 13.9 Å². The Labute approximate surface area is 117 Å². The first-order valence-electron chi connectivity index (χ1n) is 6.16. The molecule has 0 aliphatic rings. The predicted molar refractivity (Wildman–Crippen MR) is 74.6 cm³/mol. The minimum Gasteiger partial charge on any atom is -0.375 e. The van der Waals surface area contributed by atoms with Crippen LogP contribution >= 0.6 is 11.3 Å². The maximum atomic E-state index is 13.5. The first-order valence-corrected chi connectivity index (χ1v) is 7.04. The van der Waals surface area contributed by atoms with Gasteiger partial charge in [0.05, 0.1) is 11.2 Å². The third-order valence-electron chi connectivity index (χ3n) is 3.01. The van der Waals surface area contributed by atoms with Crippen LogP contribution in [0.2, 0.25) is 0 Å². The number of hydrogen-bond acceptors (Lipinski definition) is 4. The van der Waals surface area contributed by atoms with Gasteiger partial charge in [-0.15, -0.1) is 11.3 Å². The van der Waals surface area contributed by atoms with Crippen LogP contribution in [0.5, 0.6) is 0 Å². The molecule has 3 aromatic rings. The van der Waals surface area contributed by atoms with Crippen LogP contribution in [-0.2, 0) is 12.8 Å². The molecule has 0 radical (unpaired) electrons. The Bertz CT molecular complexity index is 750. The molecule has 0 bridgehead atoms. The Kier molecular flexibility index (Phi) is 3.35. The summed E-state index contributed by atoms with van der Waals surface area (Å²) < 4.78 is 26.6. The second-order valence-electron chi connectivity index (χ2n) is 4.47. The number of anilines is 1. The van der Waals surface area contributed by atoms with Crippen LogP contribution in [0.25, 0.3) is 11.0 Å². The van der Waals surface area contributed by atoms with E-state index in [9.17, 15) is 8.78 Å². The zero-order chi connectivity index (χ0) is 14.1. The first-order chi connectivity index (χ1) is 9.63. The molecule has 0 spiro atoms. The SMILES string of the molecule is Nc1nc(CCCc2nc3c(F)c(F)ccc3[nH]2)cs1. The quantitative estimate of drug-likeness (QED) is 0.777. The maximum Gasteiger partial charge on any atom is 0.186 e. The average Bonchev–Trinajstić information content (AvgIpc) is 3.01. The molecule has 0 aliphatic heterocycles. The van der Waals surface area contributed by atoms with Crippen molar-refractivity contribution in [3.8, 4) is 0 Å². The molecule has 20 heavy (non-hydrogen) atoms. The smallest absolute Gasteiger partial charge is 0.186 e. The van der Waals surface area contributed by atoms with Gasteiger partial charge < -0.3 is 10.7 Å². The highest BCUT2D eigenvalue weighted by Gasteiger charge is 2.11. The zero-order valence-corrected chi connectivity index (χ0v) is 11.3. The molecule has 0 aliphatic carbocycles. The lowest BCUT2D eigenvalue weighted by molar-refractivity contribution is 0.515. The maximum absolute atomic E-state index is 13.5. The lowest BCUT2D eigenvalue weighted by Crippen LogP contribution is -1.93. The van der Waals surface area contributed by atoms with E-state index in [4.69, 9.17) is 5.73 Å². The van der Waals surface area contributed by atoms with Gasteiger partial charge in [-0.2, -0.15) is 0 Å². The number of benzene rings is 1. The van der Waals surface area contributed by atoms with Gasteiger partial charge in [0.1, 0.15) is 11.3 Å². The van der Waals surface area contributed by atoms with E-state index in [1.54, 1.807) is 0 Å². The highest BCUT2D eigenvalue weighted by molar-refractivity contribution is 7.13. The van der Waals surface area contributed by atoms with E-state index >= 15 is 0 Å². The molecule has 3 rings (SSSR count). The van der Waals surface area contributed by atoms with Crippen LogP contribution in [0.15, 0.2) is 17.5 Å². The molecule has 104 valence electrons. The van der Waals surface area contributed by atoms with E-state index in [2.05, 4.69) is 15.0 Å². The van der Waals surface area contributed by atoms with Crippen LogP contribution in [-0.4, -0.2) is 15.0 Å². The fourth-order valence-corrected chi connectivity index (χ4v) is 2.66. The molecule has 2 aromatic heterocycles. The van der Waals surface area contributed by atoms with Crippen molar-refractivity contribution in [3.05, 3.63) is 40.7 Å². The number of aromatic nitrogens is 3. The van der Waals surface area contributed by atoms with Crippen molar-refractivity contribution in [3.63, 3.8) is 0 Å². The highest BCUT2D eigenvalue weighted by Crippen LogP contribution is 2.19. The number of aryl methyl sites for hydroxylation is 2. The van der Waals surface area contributed by atoms with Crippen LogP contribution in [0, 0.1) is 11.6 Å². The Morgan fingerprint density at radius 3 is 2.80 bits per heavy atom. The van der Waals surface area contributed by atoms with Gasteiger partial charge in [-0.05, 0) is 25.0 Å². The number of aromatic amines is 1. The third kappa shape index (κ3) is 2.49. The summed E-state index contributed by atoms with van der Waals surface area (Å²) in [6, 6.07) is 2.59. The van der Waals surface area contributed by atoms with Crippen LogP contribution in [0.1, 0.15) is 17.9 Å². The number of nitrogens with zero attached hydrogens (tertiary/aromatic N) is 2. The Morgan fingerprint density at radius 1 is 1.20 bits per heavy atom. The molecule has 0 atom stereocenters. The summed E-state index contributed by atoms with van der Waals surface area (Å²) in [5.41, 5.74) is 7.06. The van der Waals surface area contributed by atoms with Crippen molar-refractivity contribution in [1.82, 2.24) is 15.0 Å². The van der Waals surface area contributed by atoms with Crippen LogP contribution in [0.3, 0.4) is 0 Å². The van der Waals surface area contributed by atoms with Gasteiger partial charge in [-0.25, -0.2) is 18.7 Å². The highest BCUT2D eigenvalue weighted by atomic mass is 32.1. The molecule has 2 heterocycles. The van der Waals surface area contributed by atoms with Gasteiger partial charge in [-0.3, -0.25) is 0 Å². The molecule has 0 saturated heterocycles. The van der Waals surface area contributed by atoms with E-state index in [0.717, 1.165) is 24.6 Å². The van der Waals surface area contributed by atoms with Gasteiger partial charge in [0.25, 0.3) is 0 Å². The molecule has 0 saturated carbocycles. The number of hydrogen-bond donors (Lipinski definition) is 2. The molecular weight excluding hydrogens is 282 g/mol. The summed E-state index contributed by atoms with van der Waals surface area (Å²) in [6.07, 6.45) is 2.24. The van der Waals surface area contributed by atoms with Crippen molar-refractivity contribution in [2.75, 3.05) is 5.73 Å². The summed E-state index contributed by atoms with van der Waals surface area (Å²) in [7, 11) is 0. The molecule has 3 N–H and O–H groups in total. The van der Waals surface area contributed by atoms with E-state index in [-0.39, 0.29) is 5.52 Å². The molecular formula is C13H12F2N4S. The molecule has 0 unspecified atom stereocenters. The van der Waals surface area contributed by atoms with Gasteiger partial charge in [0.15, 0.2) is 16.8 Å². The number of imidazole rings is 1. The van der Waals surface area contributed by atoms with Crippen molar-refractivity contribution >= 4 is 27.5 Å². The molecule has 0 amide bonds. The minimum absolute atomic E-state index is 0.0536. The van der Waals surface area contributed by atoms with E-state index in [1.807, 2.05) is 5.38 Å². The summed E-state index contributed by atoms with van der Waals surface area (Å²) in [4.78, 5) is 11.3. The van der Waals surface area contributed by atoms with E-state index in [0.29, 0.717) is 22.9 Å². The number of H-pyrrole nitrogens is 1. The Hall–Kier alpha value is -2.02. The van der Waals surface area contributed by atoms with Gasteiger partial charge in [0.2, 0.25) is 0 Å². The zero-order valence-electron chi connectivity index (χ0n) is 10.5. The van der Waals surface area contributed by atoms with E-state index in [1.165, 1.54) is 17.4 Å². The minimum atomic E-state index is -0.905. The lowest BCUT2D eigenvalue weighted by Gasteiger charge is -1.95. The molecule has 1 aromatic carbocycles. The largest absolute Gasteiger partial charge is 0.375 e. The van der Waals surface area contributed by atoms with Crippen molar-refractivity contribution in [2.24, 2.45) is 0 Å². The topological polar surface area (TPSA) is 67.6 Å². The predicted octanol–water partition coefficient (Wildman–Crippen LogP) is 3.06. The molecule has 7 heteroatoms. The fourth-order valence-electron chi connectivity index (χ4n) is 2.06. The summed E-state index contributed by atoms with van der Waals surface area (Å²) in [5.74, 6) is -1.14. The number of nitrogens with two attached hydrogens (primary N) is 1. The number of halogens is 2. The van der Waals surface area contributed by atoms with Crippen LogP contribution < -0.4 is 5.73 Å². The van der Waals surface area contributed by atoms with E-state index < -0.39 is 11.6 Å². The monoisotopic (exact) mass is 294 g/mol. The summed E-state index contributed by atoms with van der Waals surface area (Å²) >= 11 is 1.41. The first kappa shape index (κ1) is 13.0. The van der Waals surface area contributed by atoms with Gasteiger partial charge in [0, 0.05) is 11.8 Å². The number of rotatable bonds is 4. The molecule has 0 fully saturated rings. The lowest BCUT2D eigenvalue weighted by atomic mass is 10.2.